The van der Waals surface area contributed by atoms with Crippen molar-refractivity contribution in [3.05, 3.63) is 0 Å². The number of urea groups is 1. The third kappa shape index (κ3) is 4.09. The van der Waals surface area contributed by atoms with Crippen LogP contribution < -0.4 is 5.32 Å². The molecule has 1 saturated carbocycles. The number of aliphatic hydroxyl groups is 1. The minimum atomic E-state index is -1.05. The van der Waals surface area contributed by atoms with E-state index in [1.165, 1.54) is 17.7 Å². The first-order valence-electron chi connectivity index (χ1n) is 7.99. The molecule has 6 heteroatoms. The highest BCUT2D eigenvalue weighted by Gasteiger charge is 2.39. The number of likely N-dealkylation sites (tertiary alicyclic amines) is 1. The molecule has 1 heterocycles. The Morgan fingerprint density at radius 1 is 1.24 bits per heavy atom. The normalized spacial score (nSPS) is 33.0. The molecule has 0 aromatic carbocycles. The second-order valence-electron chi connectivity index (χ2n) is 6.35. The quantitative estimate of drug-likeness (QED) is 0.735. The Morgan fingerprint density at radius 2 is 1.90 bits per heavy atom. The minimum absolute atomic E-state index is 0.105. The second kappa shape index (κ2) is 7.11. The van der Waals surface area contributed by atoms with Crippen LogP contribution in [0.15, 0.2) is 0 Å². The van der Waals surface area contributed by atoms with Crippen LogP contribution in [0.2, 0.25) is 0 Å². The van der Waals surface area contributed by atoms with Gasteiger partial charge in [0.05, 0.1) is 6.10 Å². The van der Waals surface area contributed by atoms with Gasteiger partial charge in [0, 0.05) is 19.0 Å². The molecule has 0 aromatic heterocycles. The van der Waals surface area contributed by atoms with E-state index in [1.54, 1.807) is 0 Å². The Morgan fingerprint density at radius 3 is 2.48 bits per heavy atom. The number of nitrogens with zero attached hydrogens (tertiary/aromatic N) is 1. The second-order valence-corrected chi connectivity index (χ2v) is 6.35. The molecular weight excluding hydrogens is 272 g/mol. The van der Waals surface area contributed by atoms with Gasteiger partial charge in [0.2, 0.25) is 0 Å². The summed E-state index contributed by atoms with van der Waals surface area (Å²) in [5, 5.41) is 21.6. The molecule has 1 saturated heterocycles. The van der Waals surface area contributed by atoms with Gasteiger partial charge in [0.1, 0.15) is 6.04 Å². The van der Waals surface area contributed by atoms with Gasteiger partial charge in [-0.3, -0.25) is 0 Å². The lowest BCUT2D eigenvalue weighted by atomic mass is 9.83. The Kier molecular flexibility index (Phi) is 5.45. The number of amides is 2. The summed E-state index contributed by atoms with van der Waals surface area (Å²) < 4.78 is 0. The summed E-state index contributed by atoms with van der Waals surface area (Å²) in [6.07, 6.45) is 6.01. The van der Waals surface area contributed by atoms with Crippen molar-refractivity contribution in [1.82, 2.24) is 10.2 Å². The molecule has 0 radical (unpaired) electrons. The van der Waals surface area contributed by atoms with E-state index in [0.717, 1.165) is 31.6 Å². The van der Waals surface area contributed by atoms with Gasteiger partial charge < -0.3 is 20.4 Å². The predicted octanol–water partition coefficient (Wildman–Crippen LogP) is 1.57. The number of carbonyl (C=O) groups is 2. The molecule has 0 spiro atoms. The Hall–Kier alpha value is -1.30. The minimum Gasteiger partial charge on any atom is -0.480 e. The zero-order valence-corrected chi connectivity index (χ0v) is 12.6. The highest BCUT2D eigenvalue weighted by atomic mass is 16.4. The number of rotatable bonds is 4. The molecule has 2 amide bonds. The molecule has 3 N–H and O–H groups in total. The molecule has 120 valence electrons. The number of aliphatic hydroxyl groups excluding tert-OH is 1. The predicted molar refractivity (Wildman–Crippen MR) is 77.9 cm³/mol. The Balaban J connectivity index is 1.83. The van der Waals surface area contributed by atoms with Crippen LogP contribution in [0, 0.1) is 5.92 Å². The van der Waals surface area contributed by atoms with Gasteiger partial charge in [0.25, 0.3) is 0 Å². The average Bonchev–Trinajstić information content (AvgIpc) is 2.84. The number of carboxylic acid groups (broad SMARTS) is 1. The number of hydrogen-bond donors (Lipinski definition) is 3. The average molecular weight is 298 g/mol. The largest absolute Gasteiger partial charge is 0.480 e. The van der Waals surface area contributed by atoms with E-state index in [0.29, 0.717) is 0 Å². The lowest BCUT2D eigenvalue weighted by Gasteiger charge is -2.31. The van der Waals surface area contributed by atoms with Crippen molar-refractivity contribution < 1.29 is 19.8 Å². The van der Waals surface area contributed by atoms with E-state index in [4.69, 9.17) is 5.11 Å². The van der Waals surface area contributed by atoms with E-state index >= 15 is 0 Å². The van der Waals surface area contributed by atoms with Gasteiger partial charge in [-0.1, -0.05) is 19.8 Å². The van der Waals surface area contributed by atoms with Crippen LogP contribution in [0.1, 0.15) is 51.9 Å². The van der Waals surface area contributed by atoms with Gasteiger partial charge in [-0.05, 0) is 31.6 Å². The first kappa shape index (κ1) is 16.1. The zero-order chi connectivity index (χ0) is 15.4. The lowest BCUT2D eigenvalue weighted by molar-refractivity contribution is -0.141. The highest BCUT2D eigenvalue weighted by molar-refractivity contribution is 5.83. The molecule has 1 aliphatic heterocycles. The maximum absolute atomic E-state index is 12.2. The van der Waals surface area contributed by atoms with Crippen molar-refractivity contribution >= 4 is 12.0 Å². The third-order valence-corrected chi connectivity index (χ3v) is 4.70. The number of aliphatic carboxylic acids is 1. The van der Waals surface area contributed by atoms with Crippen LogP contribution in [-0.2, 0) is 4.79 Å². The van der Waals surface area contributed by atoms with Crippen molar-refractivity contribution in [2.75, 3.05) is 6.54 Å². The van der Waals surface area contributed by atoms with Gasteiger partial charge in [-0.15, -0.1) is 0 Å². The fraction of sp³-hybridized carbons (Fsp3) is 0.867. The SMILES string of the molecule is CCCC1CCC(NC(=O)N2CC(O)CC2C(=O)O)CC1. The van der Waals surface area contributed by atoms with Crippen LogP contribution in [-0.4, -0.2) is 51.8 Å². The maximum Gasteiger partial charge on any atom is 0.326 e. The maximum atomic E-state index is 12.2. The summed E-state index contributed by atoms with van der Waals surface area (Å²) >= 11 is 0. The van der Waals surface area contributed by atoms with Crippen LogP contribution >= 0.6 is 0 Å². The van der Waals surface area contributed by atoms with Gasteiger partial charge in [-0.25, -0.2) is 9.59 Å². The number of β-amino-alcohol motifs (C(OH)–C–C–N with tert-alkyl or cyclic N) is 1. The van der Waals surface area contributed by atoms with Crippen molar-refractivity contribution in [3.63, 3.8) is 0 Å². The molecule has 2 atom stereocenters. The summed E-state index contributed by atoms with van der Waals surface area (Å²) in [5.41, 5.74) is 0. The first-order valence-corrected chi connectivity index (χ1v) is 7.99. The van der Waals surface area contributed by atoms with Crippen LogP contribution in [0.25, 0.3) is 0 Å². The summed E-state index contributed by atoms with van der Waals surface area (Å²) in [4.78, 5) is 24.6. The Bertz CT molecular complexity index is 380. The summed E-state index contributed by atoms with van der Waals surface area (Å²) in [7, 11) is 0. The molecule has 6 nitrogen and oxygen atoms in total. The van der Waals surface area contributed by atoms with Gasteiger partial charge >= 0.3 is 12.0 Å². The molecule has 2 rings (SSSR count). The molecule has 1 aliphatic carbocycles. The summed E-state index contributed by atoms with van der Waals surface area (Å²) in [5.74, 6) is -0.281. The van der Waals surface area contributed by atoms with Crippen molar-refractivity contribution in [2.45, 2.75) is 70.1 Å². The lowest BCUT2D eigenvalue weighted by Crippen LogP contribution is -2.50. The number of carboxylic acids is 1. The van der Waals surface area contributed by atoms with E-state index < -0.39 is 18.1 Å². The molecule has 2 unspecified atom stereocenters. The Labute approximate surface area is 125 Å². The van der Waals surface area contributed by atoms with Crippen LogP contribution in [0.5, 0.6) is 0 Å². The third-order valence-electron chi connectivity index (χ3n) is 4.70. The zero-order valence-electron chi connectivity index (χ0n) is 12.6. The van der Waals surface area contributed by atoms with E-state index in [1.807, 2.05) is 0 Å². The molecule has 2 fully saturated rings. The number of carbonyl (C=O) groups excluding carboxylic acids is 1. The molecular formula is C15H26N2O4. The monoisotopic (exact) mass is 298 g/mol. The van der Waals surface area contributed by atoms with E-state index in [2.05, 4.69) is 12.2 Å². The number of hydrogen-bond acceptors (Lipinski definition) is 3. The standard InChI is InChI=1S/C15H26N2O4/c1-2-3-10-4-6-11(7-5-10)16-15(21)17-9-12(18)8-13(17)14(19)20/h10-13,18H,2-9H2,1H3,(H,16,21)(H,19,20). The first-order chi connectivity index (χ1) is 10.0. The van der Waals surface area contributed by atoms with E-state index in [9.17, 15) is 14.7 Å². The van der Waals surface area contributed by atoms with Crippen molar-refractivity contribution in [2.24, 2.45) is 5.92 Å². The topological polar surface area (TPSA) is 89.9 Å². The van der Waals surface area contributed by atoms with E-state index in [-0.39, 0.29) is 25.0 Å². The van der Waals surface area contributed by atoms with Crippen molar-refractivity contribution in [1.29, 1.82) is 0 Å². The van der Waals surface area contributed by atoms with Crippen LogP contribution in [0.3, 0.4) is 0 Å². The van der Waals surface area contributed by atoms with Crippen molar-refractivity contribution in [3.8, 4) is 0 Å². The summed E-state index contributed by atoms with van der Waals surface area (Å²) in [6, 6.07) is -1.12. The molecule has 2 aliphatic rings. The number of nitrogens with one attached hydrogen (secondary N) is 1. The molecule has 0 bridgehead atoms. The van der Waals surface area contributed by atoms with Gasteiger partial charge in [0.15, 0.2) is 0 Å². The van der Waals surface area contributed by atoms with Gasteiger partial charge in [-0.2, -0.15) is 0 Å². The fourth-order valence-corrected chi connectivity index (χ4v) is 3.53. The molecule has 0 aromatic rings. The molecule has 21 heavy (non-hydrogen) atoms. The highest BCUT2D eigenvalue weighted by Crippen LogP contribution is 2.28. The fourth-order valence-electron chi connectivity index (χ4n) is 3.53. The smallest absolute Gasteiger partial charge is 0.326 e. The van der Waals surface area contributed by atoms with Crippen LogP contribution in [0.4, 0.5) is 4.79 Å². The summed E-state index contributed by atoms with van der Waals surface area (Å²) in [6.45, 7) is 2.30.